The van der Waals surface area contributed by atoms with Crippen molar-refractivity contribution in [2.24, 2.45) is 0 Å². The van der Waals surface area contributed by atoms with E-state index in [9.17, 15) is 19.6 Å². The molecular formula is C30H28N4O6. The van der Waals surface area contributed by atoms with Crippen LogP contribution < -0.4 is 4.74 Å². The van der Waals surface area contributed by atoms with Gasteiger partial charge in [-0.3, -0.25) is 19.3 Å². The predicted octanol–water partition coefficient (Wildman–Crippen LogP) is 3.72. The van der Waals surface area contributed by atoms with Gasteiger partial charge in [0.05, 0.1) is 32.6 Å². The second-order valence-corrected chi connectivity index (χ2v) is 8.83. The summed E-state index contributed by atoms with van der Waals surface area (Å²) in [7, 11) is 1.58. The Hall–Kier alpha value is -5.01. The van der Waals surface area contributed by atoms with Gasteiger partial charge in [0.25, 0.3) is 11.8 Å². The Balaban J connectivity index is 1.72. The minimum atomic E-state index is -0.682. The number of nitriles is 1. The van der Waals surface area contributed by atoms with E-state index < -0.39 is 17.8 Å². The van der Waals surface area contributed by atoms with E-state index >= 15 is 0 Å². The van der Waals surface area contributed by atoms with E-state index in [2.05, 4.69) is 0 Å². The molecule has 0 spiro atoms. The number of carbonyl (C=O) groups is 3. The minimum absolute atomic E-state index is 0.0186. The lowest BCUT2D eigenvalue weighted by atomic mass is 9.93. The fraction of sp³-hybridized carbons (Fsp3) is 0.233. The van der Waals surface area contributed by atoms with E-state index in [4.69, 9.17) is 19.3 Å². The highest BCUT2D eigenvalue weighted by Crippen LogP contribution is 2.32. The van der Waals surface area contributed by atoms with Gasteiger partial charge in [-0.2, -0.15) is 10.4 Å². The SMILES string of the molecule is COc1cccc(-c2nn(-c3ccccc3)cc2/C=C2/C(=O)N(CCOCCOC(C)=O)C(=O)C(C#N)=C2C)c1. The third-order valence-corrected chi connectivity index (χ3v) is 6.22. The number of nitrogens with zero attached hydrogens (tertiary/aromatic N) is 4. The number of methoxy groups -OCH3 is 1. The van der Waals surface area contributed by atoms with Gasteiger partial charge in [-0.25, -0.2) is 4.68 Å². The van der Waals surface area contributed by atoms with Gasteiger partial charge in [-0.1, -0.05) is 30.3 Å². The van der Waals surface area contributed by atoms with Crippen LogP contribution in [0.5, 0.6) is 5.75 Å². The van der Waals surface area contributed by atoms with Crippen molar-refractivity contribution in [3.8, 4) is 28.8 Å². The highest BCUT2D eigenvalue weighted by molar-refractivity contribution is 6.19. The smallest absolute Gasteiger partial charge is 0.302 e. The van der Waals surface area contributed by atoms with Crippen LogP contribution in [0.1, 0.15) is 19.4 Å². The Morgan fingerprint density at radius 2 is 1.82 bits per heavy atom. The molecule has 2 heterocycles. The summed E-state index contributed by atoms with van der Waals surface area (Å²) in [5, 5.41) is 14.5. The summed E-state index contributed by atoms with van der Waals surface area (Å²) < 4.78 is 17.3. The Morgan fingerprint density at radius 3 is 2.52 bits per heavy atom. The molecule has 4 rings (SSSR count). The summed E-state index contributed by atoms with van der Waals surface area (Å²) in [5.74, 6) is -1.01. The highest BCUT2D eigenvalue weighted by atomic mass is 16.6. The first-order chi connectivity index (χ1) is 19.3. The van der Waals surface area contributed by atoms with Crippen LogP contribution in [0.15, 0.2) is 77.5 Å². The van der Waals surface area contributed by atoms with Gasteiger partial charge in [0.1, 0.15) is 29.7 Å². The van der Waals surface area contributed by atoms with Gasteiger partial charge in [0, 0.05) is 29.8 Å². The van der Waals surface area contributed by atoms with Crippen molar-refractivity contribution in [1.82, 2.24) is 14.7 Å². The quantitative estimate of drug-likeness (QED) is 0.165. The molecule has 10 heteroatoms. The average molecular weight is 541 g/mol. The van der Waals surface area contributed by atoms with Crippen molar-refractivity contribution in [1.29, 1.82) is 5.26 Å². The zero-order valence-electron chi connectivity index (χ0n) is 22.4. The lowest BCUT2D eigenvalue weighted by molar-refractivity contribution is -0.142. The molecule has 1 aromatic heterocycles. The van der Waals surface area contributed by atoms with Crippen molar-refractivity contribution in [2.45, 2.75) is 13.8 Å². The van der Waals surface area contributed by atoms with E-state index in [1.807, 2.05) is 60.7 Å². The topological polar surface area (TPSA) is 124 Å². The van der Waals surface area contributed by atoms with Gasteiger partial charge in [-0.05, 0) is 42.8 Å². The van der Waals surface area contributed by atoms with Crippen LogP contribution in [0.25, 0.3) is 23.0 Å². The van der Waals surface area contributed by atoms with Gasteiger partial charge in [0.2, 0.25) is 0 Å². The van der Waals surface area contributed by atoms with E-state index in [0.717, 1.165) is 16.2 Å². The number of para-hydroxylation sites is 1. The molecule has 40 heavy (non-hydrogen) atoms. The number of rotatable bonds is 10. The number of aromatic nitrogens is 2. The van der Waals surface area contributed by atoms with Crippen molar-refractivity contribution in [3.63, 3.8) is 0 Å². The molecule has 3 aromatic rings. The second-order valence-electron chi connectivity index (χ2n) is 8.83. The molecule has 2 aromatic carbocycles. The number of imide groups is 1. The standard InChI is InChI=1S/C30H28N4O6/c1-20-26(29(36)33(30(37)27(20)18-31)12-13-39-14-15-40-21(2)35)17-23-19-34(24-9-5-4-6-10-24)32-28(23)22-8-7-11-25(16-22)38-3/h4-11,16-17,19H,12-15H2,1-3H3/b26-17+. The van der Waals surface area contributed by atoms with Crippen molar-refractivity contribution >= 4 is 23.9 Å². The zero-order valence-corrected chi connectivity index (χ0v) is 22.4. The monoisotopic (exact) mass is 540 g/mol. The Kier molecular flexibility index (Phi) is 8.89. The van der Waals surface area contributed by atoms with Gasteiger partial charge in [-0.15, -0.1) is 0 Å². The van der Waals surface area contributed by atoms with Crippen molar-refractivity contribution < 1.29 is 28.6 Å². The average Bonchev–Trinajstić information content (AvgIpc) is 3.39. The predicted molar refractivity (Wildman–Crippen MR) is 146 cm³/mol. The van der Waals surface area contributed by atoms with Crippen LogP contribution >= 0.6 is 0 Å². The normalized spacial score (nSPS) is 14.4. The number of esters is 1. The molecule has 0 aliphatic carbocycles. The lowest BCUT2D eigenvalue weighted by Crippen LogP contribution is -2.44. The van der Waals surface area contributed by atoms with Crippen LogP contribution in [0.3, 0.4) is 0 Å². The summed E-state index contributed by atoms with van der Waals surface area (Å²) in [6.07, 6.45) is 3.44. The number of carbonyl (C=O) groups excluding carboxylic acids is 3. The molecule has 0 saturated carbocycles. The number of hydrogen-bond donors (Lipinski definition) is 0. The Bertz CT molecular complexity index is 1530. The van der Waals surface area contributed by atoms with Gasteiger partial charge >= 0.3 is 5.97 Å². The van der Waals surface area contributed by atoms with Crippen LogP contribution in [-0.4, -0.2) is 65.9 Å². The first-order valence-electron chi connectivity index (χ1n) is 12.5. The molecule has 10 nitrogen and oxygen atoms in total. The van der Waals surface area contributed by atoms with E-state index in [-0.39, 0.29) is 43.1 Å². The van der Waals surface area contributed by atoms with Gasteiger partial charge in [0.15, 0.2) is 0 Å². The Morgan fingerprint density at radius 1 is 1.05 bits per heavy atom. The van der Waals surface area contributed by atoms with Crippen molar-refractivity contribution in [2.75, 3.05) is 33.5 Å². The third-order valence-electron chi connectivity index (χ3n) is 6.22. The zero-order chi connectivity index (χ0) is 28.6. The van der Waals surface area contributed by atoms with Crippen LogP contribution in [0, 0.1) is 11.3 Å². The molecule has 0 N–H and O–H groups in total. The minimum Gasteiger partial charge on any atom is -0.497 e. The third kappa shape index (κ3) is 6.17. The first kappa shape index (κ1) is 28.0. The number of hydrogen-bond acceptors (Lipinski definition) is 8. The molecule has 0 radical (unpaired) electrons. The molecule has 0 unspecified atom stereocenters. The van der Waals surface area contributed by atoms with Crippen LogP contribution in [0.4, 0.5) is 0 Å². The fourth-order valence-electron chi connectivity index (χ4n) is 4.19. The van der Waals surface area contributed by atoms with Crippen molar-refractivity contribution in [3.05, 3.63) is 83.1 Å². The van der Waals surface area contributed by atoms with Gasteiger partial charge < -0.3 is 14.2 Å². The molecular weight excluding hydrogens is 512 g/mol. The van der Waals surface area contributed by atoms with Crippen LogP contribution in [0.2, 0.25) is 0 Å². The summed E-state index contributed by atoms with van der Waals surface area (Å²) in [5.41, 5.74) is 3.15. The van der Waals surface area contributed by atoms with E-state index in [0.29, 0.717) is 17.0 Å². The molecule has 1 aliphatic heterocycles. The summed E-state index contributed by atoms with van der Waals surface area (Å²) in [6.45, 7) is 2.99. The molecule has 0 saturated heterocycles. The largest absolute Gasteiger partial charge is 0.497 e. The van der Waals surface area contributed by atoms with Crippen LogP contribution in [-0.2, 0) is 23.9 Å². The maximum atomic E-state index is 13.6. The molecule has 1 aliphatic rings. The maximum Gasteiger partial charge on any atom is 0.302 e. The summed E-state index contributed by atoms with van der Waals surface area (Å²) in [4.78, 5) is 38.4. The number of amides is 2. The number of benzene rings is 2. The fourth-order valence-corrected chi connectivity index (χ4v) is 4.19. The molecule has 0 bridgehead atoms. The maximum absolute atomic E-state index is 13.6. The highest BCUT2D eigenvalue weighted by Gasteiger charge is 2.35. The molecule has 0 fully saturated rings. The molecule has 204 valence electrons. The summed E-state index contributed by atoms with van der Waals surface area (Å²) >= 11 is 0. The number of ether oxygens (including phenoxy) is 3. The summed E-state index contributed by atoms with van der Waals surface area (Å²) in [6, 6.07) is 18.9. The molecule has 0 atom stereocenters. The lowest BCUT2D eigenvalue weighted by Gasteiger charge is -2.27. The first-order valence-corrected chi connectivity index (χ1v) is 12.5. The van der Waals surface area contributed by atoms with E-state index in [1.165, 1.54) is 6.92 Å². The van der Waals surface area contributed by atoms with E-state index in [1.54, 1.807) is 31.0 Å². The molecule has 2 amide bonds. The second kappa shape index (κ2) is 12.7. The Labute approximate surface area is 231 Å².